The lowest BCUT2D eigenvalue weighted by atomic mass is 9.95. The predicted octanol–water partition coefficient (Wildman–Crippen LogP) is 4.53. The topological polar surface area (TPSA) is 80.3 Å². The van der Waals surface area contributed by atoms with Crippen LogP contribution in [0.15, 0.2) is 22.7 Å². The Balaban J connectivity index is 0.00000267. The summed E-state index contributed by atoms with van der Waals surface area (Å²) in [4.78, 5) is 21.6. The van der Waals surface area contributed by atoms with Crippen LogP contribution in [-0.2, 0) is 4.79 Å². The Kier molecular flexibility index (Phi) is 7.05. The number of carbonyl (C=O) groups excluding carboxylic acids is 1. The molecule has 4 heterocycles. The summed E-state index contributed by atoms with van der Waals surface area (Å²) < 4.78 is 21.8. The van der Waals surface area contributed by atoms with E-state index in [1.165, 1.54) is 10.7 Å². The minimum absolute atomic E-state index is 0. The lowest BCUT2D eigenvalue weighted by molar-refractivity contribution is -0.131. The van der Waals surface area contributed by atoms with Gasteiger partial charge in [0.15, 0.2) is 0 Å². The maximum atomic E-state index is 14.7. The normalized spacial score (nSPS) is 21.4. The third-order valence-electron chi connectivity index (χ3n) is 7.83. The molecule has 0 radical (unpaired) electrons. The van der Waals surface area contributed by atoms with E-state index >= 15 is 0 Å². The maximum absolute atomic E-state index is 14.7. The second-order valence-electron chi connectivity index (χ2n) is 10.8. The number of fused-ring (bicyclic) bond motifs is 1. The molecule has 8 nitrogen and oxygen atoms in total. The summed E-state index contributed by atoms with van der Waals surface area (Å²) in [5, 5.41) is 9.59. The van der Waals surface area contributed by atoms with E-state index < -0.39 is 0 Å². The van der Waals surface area contributed by atoms with Gasteiger partial charge < -0.3 is 14.3 Å². The number of piperidine rings is 1. The van der Waals surface area contributed by atoms with E-state index in [0.29, 0.717) is 29.2 Å². The summed E-state index contributed by atoms with van der Waals surface area (Å²) in [6, 6.07) is 5.03. The van der Waals surface area contributed by atoms with Crippen LogP contribution in [0.2, 0.25) is 0 Å². The molecule has 1 aliphatic carbocycles. The van der Waals surface area contributed by atoms with Crippen LogP contribution in [0.1, 0.15) is 69.4 Å². The molecule has 2 aliphatic heterocycles. The van der Waals surface area contributed by atoms with Crippen molar-refractivity contribution in [1.29, 1.82) is 0 Å². The highest BCUT2D eigenvalue weighted by Crippen LogP contribution is 2.34. The fourth-order valence-electron chi connectivity index (χ4n) is 5.70. The number of nitrogens with zero attached hydrogens (tertiary/aromatic N) is 6. The quantitative estimate of drug-likeness (QED) is 0.479. The van der Waals surface area contributed by atoms with E-state index in [-0.39, 0.29) is 36.0 Å². The van der Waals surface area contributed by atoms with Crippen LogP contribution in [0.25, 0.3) is 16.9 Å². The average molecular weight is 517 g/mol. The standard InChI is InChI=1S/C26H33FN6O2.ClH/c1-16(2)22-20-4-3-5-21(27)23(20)33(29-22)26-28-24(35-30-26)18-9-11-31(12-10-18)14-17-8-13-32(15-17)25(34)19-6-7-19;/h3-5,16-19H,6-15H2,1-2H3;1H/t17-;/m1./s1. The number of halogens is 2. The Morgan fingerprint density at radius 3 is 2.64 bits per heavy atom. The summed E-state index contributed by atoms with van der Waals surface area (Å²) in [6.45, 7) is 8.92. The van der Waals surface area contributed by atoms with Crippen molar-refractivity contribution in [3.05, 3.63) is 35.6 Å². The molecule has 1 aromatic carbocycles. The molecule has 3 aromatic rings. The summed E-state index contributed by atoms with van der Waals surface area (Å²) in [6.07, 6.45) is 5.16. The molecule has 194 valence electrons. The van der Waals surface area contributed by atoms with Crippen molar-refractivity contribution >= 4 is 29.2 Å². The molecule has 0 unspecified atom stereocenters. The second kappa shape index (κ2) is 10.1. The SMILES string of the molecule is CC(C)c1nn(-c2noc(C3CCN(C[C@H]4CCN(C(=O)C5CC5)C4)CC3)n2)c2c(F)cccc12.Cl. The maximum Gasteiger partial charge on any atom is 0.291 e. The molecule has 1 saturated carbocycles. The molecule has 0 N–H and O–H groups in total. The van der Waals surface area contributed by atoms with Crippen molar-refractivity contribution in [3.8, 4) is 5.95 Å². The molecule has 3 fully saturated rings. The number of aromatic nitrogens is 4. The summed E-state index contributed by atoms with van der Waals surface area (Å²) in [5.74, 6) is 2.16. The van der Waals surface area contributed by atoms with Crippen LogP contribution in [0.4, 0.5) is 4.39 Å². The monoisotopic (exact) mass is 516 g/mol. The molecule has 3 aliphatic rings. The van der Waals surface area contributed by atoms with Gasteiger partial charge in [0.2, 0.25) is 11.8 Å². The number of para-hydroxylation sites is 1. The Hall–Kier alpha value is -2.52. The van der Waals surface area contributed by atoms with Crippen LogP contribution >= 0.6 is 12.4 Å². The van der Waals surface area contributed by atoms with Crippen LogP contribution in [-0.4, -0.2) is 68.4 Å². The number of likely N-dealkylation sites (tertiary alicyclic amines) is 2. The number of amides is 1. The third-order valence-corrected chi connectivity index (χ3v) is 7.83. The highest BCUT2D eigenvalue weighted by Gasteiger charge is 2.37. The van der Waals surface area contributed by atoms with Gasteiger partial charge in [0.1, 0.15) is 11.3 Å². The smallest absolute Gasteiger partial charge is 0.291 e. The second-order valence-corrected chi connectivity index (χ2v) is 10.8. The van der Waals surface area contributed by atoms with Crippen LogP contribution < -0.4 is 0 Å². The number of hydrogen-bond donors (Lipinski definition) is 0. The summed E-state index contributed by atoms with van der Waals surface area (Å²) in [7, 11) is 0. The van der Waals surface area contributed by atoms with E-state index in [4.69, 9.17) is 4.52 Å². The van der Waals surface area contributed by atoms with Crippen molar-refractivity contribution in [2.75, 3.05) is 32.7 Å². The molecular formula is C26H34ClFN6O2. The number of rotatable bonds is 6. The molecule has 0 bridgehead atoms. The molecule has 10 heteroatoms. The lowest BCUT2D eigenvalue weighted by Crippen LogP contribution is -2.38. The zero-order valence-corrected chi connectivity index (χ0v) is 21.7. The summed E-state index contributed by atoms with van der Waals surface area (Å²) in [5.41, 5.74) is 1.22. The van der Waals surface area contributed by atoms with Gasteiger partial charge in [-0.3, -0.25) is 4.79 Å². The van der Waals surface area contributed by atoms with Crippen molar-refractivity contribution in [3.63, 3.8) is 0 Å². The van der Waals surface area contributed by atoms with Gasteiger partial charge in [-0.25, -0.2) is 4.39 Å². The molecule has 36 heavy (non-hydrogen) atoms. The fourth-order valence-corrected chi connectivity index (χ4v) is 5.70. The minimum Gasteiger partial charge on any atom is -0.342 e. The lowest BCUT2D eigenvalue weighted by Gasteiger charge is -2.32. The Bertz CT molecular complexity index is 1230. The molecular weight excluding hydrogens is 483 g/mol. The van der Waals surface area contributed by atoms with Crippen LogP contribution in [0.5, 0.6) is 0 Å². The largest absolute Gasteiger partial charge is 0.342 e. The highest BCUT2D eigenvalue weighted by molar-refractivity contribution is 5.85. The van der Waals surface area contributed by atoms with Crippen molar-refractivity contribution < 1.29 is 13.7 Å². The molecule has 6 rings (SSSR count). The fraction of sp³-hybridized carbons (Fsp3) is 0.615. The molecule has 2 aromatic heterocycles. The first-order valence-corrected chi connectivity index (χ1v) is 13.0. The number of carbonyl (C=O) groups is 1. The van der Waals surface area contributed by atoms with Crippen molar-refractivity contribution in [2.24, 2.45) is 11.8 Å². The first kappa shape index (κ1) is 25.1. The zero-order chi connectivity index (χ0) is 24.1. The third kappa shape index (κ3) is 4.75. The summed E-state index contributed by atoms with van der Waals surface area (Å²) >= 11 is 0. The van der Waals surface area contributed by atoms with Gasteiger partial charge in [0, 0.05) is 36.9 Å². The zero-order valence-electron chi connectivity index (χ0n) is 20.9. The van der Waals surface area contributed by atoms with Crippen molar-refractivity contribution in [2.45, 2.75) is 57.8 Å². The average Bonchev–Trinajstić information content (AvgIpc) is 3.23. The Morgan fingerprint density at radius 1 is 1.14 bits per heavy atom. The first-order valence-electron chi connectivity index (χ1n) is 13.0. The predicted molar refractivity (Wildman–Crippen MR) is 136 cm³/mol. The number of hydrogen-bond acceptors (Lipinski definition) is 6. The van der Waals surface area contributed by atoms with Crippen LogP contribution in [0.3, 0.4) is 0 Å². The van der Waals surface area contributed by atoms with Gasteiger partial charge in [-0.15, -0.1) is 12.4 Å². The van der Waals surface area contributed by atoms with Gasteiger partial charge in [0.05, 0.1) is 5.69 Å². The molecule has 1 amide bonds. The Labute approximate surface area is 216 Å². The molecule has 0 spiro atoms. The molecule has 1 atom stereocenters. The highest BCUT2D eigenvalue weighted by atomic mass is 35.5. The first-order chi connectivity index (χ1) is 17.0. The Morgan fingerprint density at radius 2 is 1.92 bits per heavy atom. The minimum atomic E-state index is -0.342. The number of benzene rings is 1. The van der Waals surface area contributed by atoms with Gasteiger partial charge >= 0.3 is 0 Å². The van der Waals surface area contributed by atoms with E-state index in [0.717, 1.165) is 75.9 Å². The van der Waals surface area contributed by atoms with E-state index in [1.54, 1.807) is 6.07 Å². The van der Waals surface area contributed by atoms with Crippen molar-refractivity contribution in [1.82, 2.24) is 29.7 Å². The molecule has 2 saturated heterocycles. The van der Waals surface area contributed by atoms with Gasteiger partial charge in [-0.1, -0.05) is 26.0 Å². The van der Waals surface area contributed by atoms with E-state index in [9.17, 15) is 9.18 Å². The van der Waals surface area contributed by atoms with Gasteiger partial charge in [-0.2, -0.15) is 14.8 Å². The van der Waals surface area contributed by atoms with E-state index in [2.05, 4.69) is 25.0 Å². The van der Waals surface area contributed by atoms with Gasteiger partial charge in [0.25, 0.3) is 5.95 Å². The van der Waals surface area contributed by atoms with Crippen LogP contribution in [0, 0.1) is 17.7 Å². The van der Waals surface area contributed by atoms with Gasteiger partial charge in [-0.05, 0) is 68.3 Å². The van der Waals surface area contributed by atoms with E-state index in [1.807, 2.05) is 19.9 Å².